The lowest BCUT2D eigenvalue weighted by Crippen LogP contribution is -2.02. The van der Waals surface area contributed by atoms with Crippen LogP contribution >= 0.6 is 27.5 Å². The number of methoxy groups -OCH3 is 1. The minimum Gasteiger partial charge on any atom is -0.508 e. The van der Waals surface area contributed by atoms with Crippen molar-refractivity contribution in [2.24, 2.45) is 0 Å². The first-order valence-corrected chi connectivity index (χ1v) is 11.9. The molecule has 0 saturated carbocycles. The van der Waals surface area contributed by atoms with Crippen LogP contribution < -0.4 is 15.4 Å². The fraction of sp³-hybridized carbons (Fsp3) is 0.154. The number of para-hydroxylation sites is 2. The number of benzene rings is 2. The third-order valence-electron chi connectivity index (χ3n) is 4.84. The zero-order valence-corrected chi connectivity index (χ0v) is 21.6. The maximum absolute atomic E-state index is 9.63. The van der Waals surface area contributed by atoms with Crippen molar-refractivity contribution < 1.29 is 14.9 Å². The van der Waals surface area contributed by atoms with E-state index in [1.165, 1.54) is 0 Å². The Kier molecular flexibility index (Phi) is 9.57. The zero-order valence-electron chi connectivity index (χ0n) is 19.3. The van der Waals surface area contributed by atoms with Crippen LogP contribution in [0.4, 0.5) is 11.6 Å². The second-order valence-electron chi connectivity index (χ2n) is 7.53. The van der Waals surface area contributed by atoms with Crippen molar-refractivity contribution in [2.45, 2.75) is 20.0 Å². The molecule has 0 atom stereocenters. The number of phenolic OH excluding ortho intramolecular Hbond substituents is 2. The Hall–Kier alpha value is -3.49. The molecule has 0 aliphatic heterocycles. The smallest absolute Gasteiger partial charge is 0.135 e. The van der Waals surface area contributed by atoms with E-state index in [9.17, 15) is 10.2 Å². The van der Waals surface area contributed by atoms with E-state index >= 15 is 0 Å². The lowest BCUT2D eigenvalue weighted by atomic mass is 10.2. The van der Waals surface area contributed by atoms with Gasteiger partial charge in [-0.15, -0.1) is 0 Å². The predicted octanol–water partition coefficient (Wildman–Crippen LogP) is 6.53. The number of aromatic nitrogens is 2. The summed E-state index contributed by atoms with van der Waals surface area (Å²) in [5.74, 6) is 2.57. The summed E-state index contributed by atoms with van der Waals surface area (Å²) < 4.78 is 5.90. The average molecular weight is 558 g/mol. The van der Waals surface area contributed by atoms with E-state index in [1.54, 1.807) is 43.5 Å². The number of rotatable bonds is 7. The number of ether oxygens (including phenoxy) is 1. The molecular formula is C26H26BrClN4O3. The molecule has 0 aliphatic rings. The Bertz CT molecular complexity index is 1250. The highest BCUT2D eigenvalue weighted by atomic mass is 79.9. The maximum atomic E-state index is 9.63. The summed E-state index contributed by atoms with van der Waals surface area (Å²) in [6.07, 6.45) is 0. The van der Waals surface area contributed by atoms with E-state index in [-0.39, 0.29) is 5.75 Å². The molecule has 0 unspecified atom stereocenters. The number of nitrogens with one attached hydrogen (secondary N) is 2. The van der Waals surface area contributed by atoms with Gasteiger partial charge < -0.3 is 25.6 Å². The molecular weight excluding hydrogens is 532 g/mol. The summed E-state index contributed by atoms with van der Waals surface area (Å²) >= 11 is 9.21. The second kappa shape index (κ2) is 12.8. The highest BCUT2D eigenvalue weighted by Crippen LogP contribution is 2.22. The number of nitrogens with zero attached hydrogens (tertiary/aromatic N) is 2. The first-order valence-electron chi connectivity index (χ1n) is 10.7. The number of halogens is 2. The largest absolute Gasteiger partial charge is 0.508 e. The van der Waals surface area contributed by atoms with Crippen LogP contribution in [-0.2, 0) is 13.1 Å². The lowest BCUT2D eigenvalue weighted by molar-refractivity contribution is 0.414. The highest BCUT2D eigenvalue weighted by Gasteiger charge is 2.04. The Morgan fingerprint density at radius 3 is 1.89 bits per heavy atom. The van der Waals surface area contributed by atoms with Gasteiger partial charge in [-0.3, -0.25) is 0 Å². The maximum Gasteiger partial charge on any atom is 0.135 e. The molecule has 2 aromatic heterocycles. The van der Waals surface area contributed by atoms with E-state index in [4.69, 9.17) is 16.3 Å². The number of pyridine rings is 2. The number of aryl methyl sites for hydroxylation is 1. The normalized spacial score (nSPS) is 10.2. The van der Waals surface area contributed by atoms with E-state index < -0.39 is 0 Å². The first kappa shape index (κ1) is 26.1. The molecule has 0 aliphatic carbocycles. The van der Waals surface area contributed by atoms with Crippen LogP contribution in [0.1, 0.15) is 16.7 Å². The van der Waals surface area contributed by atoms with E-state index in [0.29, 0.717) is 35.6 Å². The zero-order chi connectivity index (χ0) is 25.2. The third-order valence-corrected chi connectivity index (χ3v) is 5.44. The van der Waals surface area contributed by atoms with E-state index in [0.717, 1.165) is 27.1 Å². The fourth-order valence-corrected chi connectivity index (χ4v) is 3.84. The lowest BCUT2D eigenvalue weighted by Gasteiger charge is -2.09. The van der Waals surface area contributed by atoms with Gasteiger partial charge in [0.2, 0.25) is 0 Å². The van der Waals surface area contributed by atoms with Crippen molar-refractivity contribution >= 4 is 39.2 Å². The van der Waals surface area contributed by atoms with E-state index in [2.05, 4.69) is 36.5 Å². The summed E-state index contributed by atoms with van der Waals surface area (Å²) in [4.78, 5) is 8.42. The third kappa shape index (κ3) is 8.35. The van der Waals surface area contributed by atoms with Gasteiger partial charge in [0.05, 0.1) is 7.11 Å². The van der Waals surface area contributed by atoms with Gasteiger partial charge >= 0.3 is 0 Å². The van der Waals surface area contributed by atoms with E-state index in [1.807, 2.05) is 43.3 Å². The molecule has 4 N–H and O–H groups in total. The summed E-state index contributed by atoms with van der Waals surface area (Å²) in [6.45, 7) is 3.02. The van der Waals surface area contributed by atoms with Crippen LogP contribution in [0, 0.1) is 6.92 Å². The second-order valence-corrected chi connectivity index (χ2v) is 8.73. The molecule has 0 saturated heterocycles. The van der Waals surface area contributed by atoms with Gasteiger partial charge in [0, 0.05) is 36.3 Å². The molecule has 9 heteroatoms. The van der Waals surface area contributed by atoms with Crippen LogP contribution in [0.5, 0.6) is 17.2 Å². The summed E-state index contributed by atoms with van der Waals surface area (Å²) in [7, 11) is 1.57. The summed E-state index contributed by atoms with van der Waals surface area (Å²) in [5, 5.41) is 25.9. The monoisotopic (exact) mass is 556 g/mol. The standard InChI is InChI=1S/C13H13BrN2O.C13H13ClN2O2/c1-9-6-12(14)16-13(7-9)15-8-10-4-2-3-5-11(10)17;1-18-10-6-12(14)16-13(7-10)15-8-9-4-2-3-5-11(9)17/h2-7,17H,8H2,1H3,(H,15,16);2-7,17H,8H2,1H3,(H,15,16). The van der Waals surface area contributed by atoms with Gasteiger partial charge in [-0.05, 0) is 52.7 Å². The van der Waals surface area contributed by atoms with Gasteiger partial charge in [0.15, 0.2) is 0 Å². The minimum absolute atomic E-state index is 0.249. The molecule has 2 aromatic carbocycles. The summed E-state index contributed by atoms with van der Waals surface area (Å²) in [6, 6.07) is 21.7. The number of anilines is 2. The van der Waals surface area contributed by atoms with Gasteiger partial charge in [0.1, 0.15) is 38.6 Å². The Balaban J connectivity index is 0.000000196. The van der Waals surface area contributed by atoms with Gasteiger partial charge in [-0.1, -0.05) is 48.0 Å². The van der Waals surface area contributed by atoms with Crippen molar-refractivity contribution in [3.05, 3.63) is 99.2 Å². The average Bonchev–Trinajstić information content (AvgIpc) is 2.82. The topological polar surface area (TPSA) is 99.5 Å². The Morgan fingerprint density at radius 2 is 1.37 bits per heavy atom. The van der Waals surface area contributed by atoms with Crippen LogP contribution in [0.25, 0.3) is 0 Å². The number of phenols is 2. The van der Waals surface area contributed by atoms with Crippen molar-refractivity contribution in [1.29, 1.82) is 0 Å². The van der Waals surface area contributed by atoms with Crippen LogP contribution in [0.3, 0.4) is 0 Å². The quantitative estimate of drug-likeness (QED) is 0.192. The van der Waals surface area contributed by atoms with Crippen molar-refractivity contribution in [2.75, 3.05) is 17.7 Å². The molecule has 4 aromatic rings. The Labute approximate surface area is 217 Å². The van der Waals surface area contributed by atoms with Gasteiger partial charge in [0.25, 0.3) is 0 Å². The Morgan fingerprint density at radius 1 is 0.829 bits per heavy atom. The molecule has 0 bridgehead atoms. The van der Waals surface area contributed by atoms with Crippen molar-refractivity contribution in [3.63, 3.8) is 0 Å². The van der Waals surface area contributed by atoms with Crippen molar-refractivity contribution in [3.8, 4) is 17.2 Å². The van der Waals surface area contributed by atoms with Gasteiger partial charge in [-0.25, -0.2) is 9.97 Å². The molecule has 7 nitrogen and oxygen atoms in total. The number of hydrogen-bond acceptors (Lipinski definition) is 7. The number of hydrogen-bond donors (Lipinski definition) is 4. The highest BCUT2D eigenvalue weighted by molar-refractivity contribution is 9.10. The minimum atomic E-state index is 0.249. The SMILES string of the molecule is COc1cc(Cl)nc(NCc2ccccc2O)c1.Cc1cc(Br)nc(NCc2ccccc2O)c1. The molecule has 182 valence electrons. The van der Waals surface area contributed by atoms with Crippen LogP contribution in [0.15, 0.2) is 77.4 Å². The summed E-state index contributed by atoms with van der Waals surface area (Å²) in [5.41, 5.74) is 2.77. The molecule has 2 heterocycles. The van der Waals surface area contributed by atoms with Crippen molar-refractivity contribution in [1.82, 2.24) is 9.97 Å². The van der Waals surface area contributed by atoms with Crippen LogP contribution in [0.2, 0.25) is 5.15 Å². The fourth-order valence-electron chi connectivity index (χ4n) is 3.09. The molecule has 0 fully saturated rings. The molecule has 0 amide bonds. The predicted molar refractivity (Wildman–Crippen MR) is 143 cm³/mol. The van der Waals surface area contributed by atoms with Crippen LogP contribution in [-0.4, -0.2) is 27.3 Å². The molecule has 35 heavy (non-hydrogen) atoms. The number of aromatic hydroxyl groups is 2. The molecule has 0 spiro atoms. The van der Waals surface area contributed by atoms with Gasteiger partial charge in [-0.2, -0.15) is 0 Å². The molecule has 0 radical (unpaired) electrons. The molecule has 4 rings (SSSR count). The first-order chi connectivity index (χ1) is 16.8.